The van der Waals surface area contributed by atoms with Gasteiger partial charge in [-0.25, -0.2) is 0 Å². The Labute approximate surface area is 192 Å². The van der Waals surface area contributed by atoms with Crippen LogP contribution < -0.4 is 16.0 Å². The lowest BCUT2D eigenvalue weighted by atomic mass is 9.85. The third-order valence-corrected chi connectivity index (χ3v) is 6.33. The minimum atomic E-state index is -0.707. The van der Waals surface area contributed by atoms with Gasteiger partial charge in [0.15, 0.2) is 0 Å². The second kappa shape index (κ2) is 11.5. The Morgan fingerprint density at radius 3 is 2.38 bits per heavy atom. The molecule has 4 atom stereocenters. The molecule has 1 aromatic rings. The van der Waals surface area contributed by atoms with Crippen molar-refractivity contribution < 1.29 is 14.4 Å². The zero-order chi connectivity index (χ0) is 23.9. The molecule has 0 aliphatic carbocycles. The highest BCUT2D eigenvalue weighted by molar-refractivity contribution is 5.94. The van der Waals surface area contributed by atoms with Crippen LogP contribution in [-0.4, -0.2) is 60.9 Å². The number of likely N-dealkylation sites (tertiary alicyclic amines) is 1. The largest absolute Gasteiger partial charge is 0.354 e. The fraction of sp³-hybridized carbons (Fsp3) is 0.640. The first-order valence-electron chi connectivity index (χ1n) is 11.7. The standard InChI is InChI=1S/C25H40N4O3/c1-7-18-15-20(23(31)27-14-13-19-11-9-8-10-12-19)29(16-18)24(32)21(25(3,4)5)28-22(30)17(2)26-6/h8-12,17-18,20-21,26H,7,13-16H2,1-6H3,(H,27,31)(H,28,30)/t17-,18-,20-,21+/m0/s1. The Hall–Kier alpha value is -2.41. The number of nitrogens with zero attached hydrogens (tertiary/aromatic N) is 1. The van der Waals surface area contributed by atoms with E-state index in [-0.39, 0.29) is 23.6 Å². The Balaban J connectivity index is 2.12. The molecule has 1 aliphatic rings. The lowest BCUT2D eigenvalue weighted by Crippen LogP contribution is -2.59. The zero-order valence-electron chi connectivity index (χ0n) is 20.4. The Bertz CT molecular complexity index is 775. The zero-order valence-corrected chi connectivity index (χ0v) is 20.4. The van der Waals surface area contributed by atoms with Crippen LogP contribution in [0, 0.1) is 11.3 Å². The second-order valence-electron chi connectivity index (χ2n) is 9.86. The van der Waals surface area contributed by atoms with Gasteiger partial charge in [-0.2, -0.15) is 0 Å². The maximum atomic E-state index is 13.6. The Morgan fingerprint density at radius 2 is 1.81 bits per heavy atom. The van der Waals surface area contributed by atoms with Gasteiger partial charge in [0.1, 0.15) is 12.1 Å². The van der Waals surface area contributed by atoms with E-state index >= 15 is 0 Å². The van der Waals surface area contributed by atoms with Gasteiger partial charge in [0.2, 0.25) is 17.7 Å². The van der Waals surface area contributed by atoms with Crippen LogP contribution in [-0.2, 0) is 20.8 Å². The molecule has 1 aromatic carbocycles. The van der Waals surface area contributed by atoms with Crippen molar-refractivity contribution in [3.8, 4) is 0 Å². The predicted molar refractivity (Wildman–Crippen MR) is 127 cm³/mol. The molecule has 7 heteroatoms. The summed E-state index contributed by atoms with van der Waals surface area (Å²) in [5.41, 5.74) is 0.673. The third-order valence-electron chi connectivity index (χ3n) is 6.33. The van der Waals surface area contributed by atoms with Crippen LogP contribution in [0.3, 0.4) is 0 Å². The summed E-state index contributed by atoms with van der Waals surface area (Å²) < 4.78 is 0. The third kappa shape index (κ3) is 6.79. The molecule has 0 radical (unpaired) electrons. The molecule has 0 unspecified atom stereocenters. The number of hydrogen-bond donors (Lipinski definition) is 3. The van der Waals surface area contributed by atoms with Crippen LogP contribution in [0.4, 0.5) is 0 Å². The van der Waals surface area contributed by atoms with E-state index in [1.165, 1.54) is 0 Å². The highest BCUT2D eigenvalue weighted by Gasteiger charge is 2.44. The normalized spacial score (nSPS) is 20.5. The van der Waals surface area contributed by atoms with E-state index in [1.807, 2.05) is 51.1 Å². The fourth-order valence-electron chi connectivity index (χ4n) is 4.02. The summed E-state index contributed by atoms with van der Waals surface area (Å²) in [7, 11) is 1.71. The molecule has 1 saturated heterocycles. The maximum Gasteiger partial charge on any atom is 0.246 e. The molecule has 178 valence electrons. The number of carbonyl (C=O) groups is 3. The first-order valence-corrected chi connectivity index (χ1v) is 11.7. The average molecular weight is 445 g/mol. The maximum absolute atomic E-state index is 13.6. The molecule has 7 nitrogen and oxygen atoms in total. The van der Waals surface area contributed by atoms with Gasteiger partial charge in [-0.3, -0.25) is 14.4 Å². The van der Waals surface area contributed by atoms with Gasteiger partial charge in [-0.15, -0.1) is 0 Å². The second-order valence-corrected chi connectivity index (χ2v) is 9.86. The highest BCUT2D eigenvalue weighted by Crippen LogP contribution is 2.30. The van der Waals surface area contributed by atoms with Gasteiger partial charge >= 0.3 is 0 Å². The van der Waals surface area contributed by atoms with Gasteiger partial charge in [-0.05, 0) is 43.7 Å². The summed E-state index contributed by atoms with van der Waals surface area (Å²) in [5.74, 6) is -0.256. The first kappa shape index (κ1) is 25.8. The Kier molecular flexibility index (Phi) is 9.25. The molecule has 32 heavy (non-hydrogen) atoms. The van der Waals surface area contributed by atoms with Gasteiger partial charge in [0.05, 0.1) is 6.04 Å². The lowest BCUT2D eigenvalue weighted by molar-refractivity contribution is -0.144. The van der Waals surface area contributed by atoms with Gasteiger partial charge in [0, 0.05) is 13.1 Å². The minimum Gasteiger partial charge on any atom is -0.354 e. The number of carbonyl (C=O) groups excluding carboxylic acids is 3. The SMILES string of the molecule is CC[C@H]1C[C@@H](C(=O)NCCc2ccccc2)N(C(=O)[C@@H](NC(=O)[C@H](C)NC)C(C)(C)C)C1. The fourth-order valence-corrected chi connectivity index (χ4v) is 4.02. The summed E-state index contributed by atoms with van der Waals surface area (Å²) in [4.78, 5) is 40.9. The van der Waals surface area contributed by atoms with Crippen LogP contribution in [0.2, 0.25) is 0 Å². The summed E-state index contributed by atoms with van der Waals surface area (Å²) in [5, 5.41) is 8.84. The first-order chi connectivity index (χ1) is 15.1. The van der Waals surface area contributed by atoms with Crippen LogP contribution in [0.5, 0.6) is 0 Å². The van der Waals surface area contributed by atoms with Gasteiger partial charge in [0.25, 0.3) is 0 Å². The van der Waals surface area contributed by atoms with Crippen LogP contribution >= 0.6 is 0 Å². The quantitative estimate of drug-likeness (QED) is 0.544. The van der Waals surface area contributed by atoms with Gasteiger partial charge < -0.3 is 20.9 Å². The highest BCUT2D eigenvalue weighted by atomic mass is 16.2. The molecule has 1 aliphatic heterocycles. The Morgan fingerprint density at radius 1 is 1.16 bits per heavy atom. The van der Waals surface area contributed by atoms with E-state index in [9.17, 15) is 14.4 Å². The molecular weight excluding hydrogens is 404 g/mol. The summed E-state index contributed by atoms with van der Waals surface area (Å²) in [6.07, 6.45) is 2.30. The molecule has 0 aromatic heterocycles. The smallest absolute Gasteiger partial charge is 0.246 e. The van der Waals surface area contributed by atoms with Crippen molar-refractivity contribution >= 4 is 17.7 Å². The summed E-state index contributed by atoms with van der Waals surface area (Å²) in [6.45, 7) is 10.7. The van der Waals surface area contributed by atoms with E-state index < -0.39 is 23.5 Å². The number of benzene rings is 1. The predicted octanol–water partition coefficient (Wildman–Crippen LogP) is 2.11. The minimum absolute atomic E-state index is 0.118. The van der Waals surface area contributed by atoms with Crippen molar-refractivity contribution in [1.29, 1.82) is 0 Å². The van der Waals surface area contributed by atoms with Crippen molar-refractivity contribution in [2.45, 2.75) is 72.0 Å². The number of hydrogen-bond acceptors (Lipinski definition) is 4. The van der Waals surface area contributed by atoms with Crippen molar-refractivity contribution in [2.24, 2.45) is 11.3 Å². The van der Waals surface area contributed by atoms with E-state index in [1.54, 1.807) is 18.9 Å². The molecule has 2 rings (SSSR count). The molecule has 1 heterocycles. The van der Waals surface area contributed by atoms with Crippen LogP contribution in [0.25, 0.3) is 0 Å². The molecule has 3 N–H and O–H groups in total. The topological polar surface area (TPSA) is 90.5 Å². The molecule has 3 amide bonds. The lowest BCUT2D eigenvalue weighted by Gasteiger charge is -2.36. The van der Waals surface area contributed by atoms with Crippen molar-refractivity contribution in [3.05, 3.63) is 35.9 Å². The van der Waals surface area contributed by atoms with E-state index in [2.05, 4.69) is 22.9 Å². The number of amides is 3. The van der Waals surface area contributed by atoms with Crippen molar-refractivity contribution in [1.82, 2.24) is 20.9 Å². The number of rotatable bonds is 9. The van der Waals surface area contributed by atoms with Crippen molar-refractivity contribution in [3.63, 3.8) is 0 Å². The monoisotopic (exact) mass is 444 g/mol. The molecule has 1 fully saturated rings. The molecule has 0 bridgehead atoms. The van der Waals surface area contributed by atoms with Crippen molar-refractivity contribution in [2.75, 3.05) is 20.1 Å². The summed E-state index contributed by atoms with van der Waals surface area (Å²) in [6, 6.07) is 8.38. The molecular formula is C25H40N4O3. The molecule has 0 spiro atoms. The summed E-state index contributed by atoms with van der Waals surface area (Å²) >= 11 is 0. The number of likely N-dealkylation sites (N-methyl/N-ethyl adjacent to an activating group) is 1. The van der Waals surface area contributed by atoms with Crippen LogP contribution in [0.1, 0.15) is 53.0 Å². The molecule has 0 saturated carbocycles. The van der Waals surface area contributed by atoms with Crippen LogP contribution in [0.15, 0.2) is 30.3 Å². The number of nitrogens with one attached hydrogen (secondary N) is 3. The van der Waals surface area contributed by atoms with E-state index in [0.29, 0.717) is 19.5 Å². The van der Waals surface area contributed by atoms with E-state index in [4.69, 9.17) is 0 Å². The van der Waals surface area contributed by atoms with Gasteiger partial charge in [-0.1, -0.05) is 64.4 Å². The average Bonchev–Trinajstić information content (AvgIpc) is 3.21. The van der Waals surface area contributed by atoms with E-state index in [0.717, 1.165) is 18.4 Å².